The van der Waals surface area contributed by atoms with Gasteiger partial charge in [0.25, 0.3) is 11.7 Å². The van der Waals surface area contributed by atoms with Crippen LogP contribution in [0.25, 0.3) is 5.76 Å². The number of aliphatic hydroxyl groups is 1. The summed E-state index contributed by atoms with van der Waals surface area (Å²) < 4.78 is 59.2. The topological polar surface area (TPSA) is 66.8 Å². The summed E-state index contributed by atoms with van der Waals surface area (Å²) in [6.07, 6.45) is -3.89. The number of ether oxygens (including phenoxy) is 1. The minimum absolute atomic E-state index is 0.191. The third-order valence-electron chi connectivity index (χ3n) is 5.68. The molecule has 1 amide bonds. The highest BCUT2D eigenvalue weighted by Gasteiger charge is 2.47. The van der Waals surface area contributed by atoms with E-state index in [0.717, 1.165) is 41.7 Å². The lowest BCUT2D eigenvalue weighted by atomic mass is 9.95. The maximum Gasteiger partial charge on any atom is 0.416 e. The average molecular weight is 499 g/mol. The molecule has 0 aliphatic carbocycles. The molecule has 1 unspecified atom stereocenters. The lowest BCUT2D eigenvalue weighted by Gasteiger charge is -2.26. The summed E-state index contributed by atoms with van der Waals surface area (Å²) in [6, 6.07) is 13.7. The predicted octanol–water partition coefficient (Wildman–Crippen LogP) is 6.26. The number of rotatable bonds is 6. The van der Waals surface area contributed by atoms with Gasteiger partial charge in [-0.1, -0.05) is 25.1 Å². The van der Waals surface area contributed by atoms with E-state index >= 15 is 0 Å². The molecule has 5 nitrogen and oxygen atoms in total. The minimum atomic E-state index is -4.68. The van der Waals surface area contributed by atoms with Crippen LogP contribution in [-0.2, 0) is 15.8 Å². The van der Waals surface area contributed by atoms with Crippen molar-refractivity contribution in [2.24, 2.45) is 0 Å². The number of halogens is 4. The zero-order valence-corrected chi connectivity index (χ0v) is 19.1. The van der Waals surface area contributed by atoms with Gasteiger partial charge in [-0.15, -0.1) is 0 Å². The van der Waals surface area contributed by atoms with Crippen molar-refractivity contribution >= 4 is 23.1 Å². The monoisotopic (exact) mass is 499 g/mol. The van der Waals surface area contributed by atoms with E-state index in [1.54, 1.807) is 12.1 Å². The Labute approximate surface area is 204 Å². The summed E-state index contributed by atoms with van der Waals surface area (Å²) in [5.41, 5.74) is -1.09. The van der Waals surface area contributed by atoms with Crippen molar-refractivity contribution in [1.29, 1.82) is 0 Å². The summed E-state index contributed by atoms with van der Waals surface area (Å²) in [4.78, 5) is 27.1. The highest BCUT2D eigenvalue weighted by atomic mass is 19.4. The number of aliphatic hydroxyl groups excluding tert-OH is 1. The molecule has 1 heterocycles. The smallest absolute Gasteiger partial charge is 0.416 e. The zero-order valence-electron chi connectivity index (χ0n) is 19.1. The third kappa shape index (κ3) is 4.82. The lowest BCUT2D eigenvalue weighted by molar-refractivity contribution is -0.137. The molecule has 0 radical (unpaired) electrons. The predicted molar refractivity (Wildman–Crippen MR) is 125 cm³/mol. The molecular weight excluding hydrogens is 478 g/mol. The molecule has 1 saturated heterocycles. The Bertz CT molecular complexity index is 1310. The van der Waals surface area contributed by atoms with Crippen molar-refractivity contribution in [3.05, 3.63) is 101 Å². The van der Waals surface area contributed by atoms with E-state index in [2.05, 4.69) is 0 Å². The number of carbonyl (C=O) groups excluding carboxylic acids is 2. The first-order valence-corrected chi connectivity index (χ1v) is 11.1. The van der Waals surface area contributed by atoms with Gasteiger partial charge in [0.2, 0.25) is 0 Å². The van der Waals surface area contributed by atoms with Crippen LogP contribution in [0.2, 0.25) is 0 Å². The Balaban J connectivity index is 1.86. The molecule has 1 aliphatic rings. The van der Waals surface area contributed by atoms with Gasteiger partial charge in [0, 0.05) is 11.3 Å². The quantitative estimate of drug-likeness (QED) is 0.188. The number of hydrogen-bond donors (Lipinski definition) is 1. The van der Waals surface area contributed by atoms with Gasteiger partial charge in [-0.2, -0.15) is 13.2 Å². The van der Waals surface area contributed by atoms with Crippen molar-refractivity contribution in [3.8, 4) is 5.75 Å². The van der Waals surface area contributed by atoms with Crippen LogP contribution in [0.1, 0.15) is 36.1 Å². The van der Waals surface area contributed by atoms with Crippen molar-refractivity contribution in [2.75, 3.05) is 11.5 Å². The summed E-state index contributed by atoms with van der Waals surface area (Å²) in [7, 11) is 0. The van der Waals surface area contributed by atoms with E-state index < -0.39 is 41.0 Å². The molecule has 9 heteroatoms. The summed E-state index contributed by atoms with van der Waals surface area (Å²) >= 11 is 0. The van der Waals surface area contributed by atoms with E-state index in [9.17, 15) is 32.3 Å². The second kappa shape index (κ2) is 9.85. The molecular formula is C27H21F4NO4. The SMILES string of the molecule is CCCOc1ccc(/C(O)=C2\C(=O)C(=O)N(c3cccc(C(F)(F)F)c3)C2c2ccc(F)cc2)cc1. The number of carbonyl (C=O) groups is 2. The maximum absolute atomic E-state index is 13.6. The Morgan fingerprint density at radius 3 is 2.28 bits per heavy atom. The van der Waals surface area contributed by atoms with Crippen LogP contribution < -0.4 is 9.64 Å². The molecule has 36 heavy (non-hydrogen) atoms. The number of Topliss-reactive ketones (excluding diaryl/α,β-unsaturated/α-hetero) is 1. The molecule has 1 N–H and O–H groups in total. The standard InChI is InChI=1S/C27H21F4NO4/c1-2-14-36-21-12-8-17(9-13-21)24(33)22-23(16-6-10-19(28)11-7-16)32(26(35)25(22)34)20-5-3-4-18(15-20)27(29,30)31/h3-13,15,23,33H,2,14H2,1H3/b24-22+. The van der Waals surface area contributed by atoms with Crippen LogP contribution >= 0.6 is 0 Å². The van der Waals surface area contributed by atoms with Gasteiger partial charge < -0.3 is 9.84 Å². The van der Waals surface area contributed by atoms with Gasteiger partial charge in [0.15, 0.2) is 0 Å². The molecule has 0 saturated carbocycles. The van der Waals surface area contributed by atoms with Crippen LogP contribution in [0.15, 0.2) is 78.4 Å². The number of hydrogen-bond acceptors (Lipinski definition) is 4. The fraction of sp³-hybridized carbons (Fsp3) is 0.185. The molecule has 3 aromatic carbocycles. The number of ketones is 1. The Morgan fingerprint density at radius 1 is 1.00 bits per heavy atom. The van der Waals surface area contributed by atoms with Gasteiger partial charge >= 0.3 is 6.18 Å². The van der Waals surface area contributed by atoms with Crippen molar-refractivity contribution in [2.45, 2.75) is 25.6 Å². The number of alkyl halides is 3. The summed E-state index contributed by atoms with van der Waals surface area (Å²) in [6.45, 7) is 2.43. The van der Waals surface area contributed by atoms with E-state index in [-0.39, 0.29) is 22.4 Å². The average Bonchev–Trinajstić information content (AvgIpc) is 3.13. The number of benzene rings is 3. The molecule has 4 rings (SSSR count). The highest BCUT2D eigenvalue weighted by Crippen LogP contribution is 2.43. The number of anilines is 1. The zero-order chi connectivity index (χ0) is 26.0. The van der Waals surface area contributed by atoms with Gasteiger partial charge in [0.1, 0.15) is 17.3 Å². The van der Waals surface area contributed by atoms with Crippen molar-refractivity contribution in [3.63, 3.8) is 0 Å². The van der Waals surface area contributed by atoms with E-state index in [4.69, 9.17) is 4.74 Å². The first-order valence-electron chi connectivity index (χ1n) is 11.1. The van der Waals surface area contributed by atoms with Crippen LogP contribution in [0, 0.1) is 5.82 Å². The molecule has 3 aromatic rings. The summed E-state index contributed by atoms with van der Waals surface area (Å²) in [5.74, 6) is -2.76. The van der Waals surface area contributed by atoms with Gasteiger partial charge in [-0.05, 0) is 66.6 Å². The first kappa shape index (κ1) is 25.0. The molecule has 1 fully saturated rings. The van der Waals surface area contributed by atoms with Crippen LogP contribution in [0.5, 0.6) is 5.75 Å². The first-order chi connectivity index (χ1) is 17.1. The lowest BCUT2D eigenvalue weighted by Crippen LogP contribution is -2.29. The molecule has 0 aromatic heterocycles. The fourth-order valence-electron chi connectivity index (χ4n) is 3.98. The van der Waals surface area contributed by atoms with Gasteiger partial charge in [0.05, 0.1) is 23.8 Å². The largest absolute Gasteiger partial charge is 0.507 e. The van der Waals surface area contributed by atoms with Crippen LogP contribution in [0.4, 0.5) is 23.2 Å². The van der Waals surface area contributed by atoms with Crippen LogP contribution in [0.3, 0.4) is 0 Å². The maximum atomic E-state index is 13.6. The Hall–Kier alpha value is -4.14. The molecule has 1 aliphatic heterocycles. The minimum Gasteiger partial charge on any atom is -0.507 e. The van der Waals surface area contributed by atoms with E-state index in [0.29, 0.717) is 12.4 Å². The van der Waals surface area contributed by atoms with E-state index in [1.165, 1.54) is 30.3 Å². The normalized spacial score (nSPS) is 17.5. The fourth-order valence-corrected chi connectivity index (χ4v) is 3.98. The number of nitrogens with zero attached hydrogens (tertiary/aromatic N) is 1. The van der Waals surface area contributed by atoms with Crippen molar-refractivity contribution < 1.29 is 37.0 Å². The molecule has 0 spiro atoms. The van der Waals surface area contributed by atoms with Crippen LogP contribution in [-0.4, -0.2) is 23.4 Å². The van der Waals surface area contributed by atoms with Crippen molar-refractivity contribution in [1.82, 2.24) is 0 Å². The molecule has 0 bridgehead atoms. The summed E-state index contributed by atoms with van der Waals surface area (Å²) in [5, 5.41) is 11.1. The Morgan fingerprint density at radius 2 is 1.67 bits per heavy atom. The second-order valence-electron chi connectivity index (χ2n) is 8.14. The molecule has 1 atom stereocenters. The molecule has 186 valence electrons. The second-order valence-corrected chi connectivity index (χ2v) is 8.14. The van der Waals surface area contributed by atoms with Gasteiger partial charge in [-0.25, -0.2) is 4.39 Å². The Kier molecular flexibility index (Phi) is 6.83. The number of amides is 1. The third-order valence-corrected chi connectivity index (χ3v) is 5.68. The van der Waals surface area contributed by atoms with Gasteiger partial charge in [-0.3, -0.25) is 14.5 Å². The highest BCUT2D eigenvalue weighted by molar-refractivity contribution is 6.51. The van der Waals surface area contributed by atoms with E-state index in [1.807, 2.05) is 6.92 Å².